The molecule has 1 aromatic heterocycles. The van der Waals surface area contributed by atoms with Crippen molar-refractivity contribution in [2.24, 2.45) is 24.8 Å². The monoisotopic (exact) mass is 514 g/mol. The number of nitrogens with zero attached hydrogens (tertiary/aromatic N) is 4. The van der Waals surface area contributed by atoms with Crippen molar-refractivity contribution in [2.45, 2.75) is 66.7 Å². The lowest BCUT2D eigenvalue weighted by atomic mass is 9.91. The van der Waals surface area contributed by atoms with Crippen LogP contribution in [0.5, 0.6) is 0 Å². The fraction of sp³-hybridized carbons (Fsp3) is 0.630. The van der Waals surface area contributed by atoms with Crippen LogP contribution in [0.15, 0.2) is 9.70 Å². The molecule has 2 aliphatic heterocycles. The van der Waals surface area contributed by atoms with Gasteiger partial charge >= 0.3 is 0 Å². The zero-order chi connectivity index (χ0) is 25.9. The third-order valence-corrected chi connectivity index (χ3v) is 8.65. The number of piperidine rings is 1. The number of hydrogen-bond acceptors (Lipinski definition) is 6. The molecular formula is C27H38N4O2S2. The molecule has 0 N–H and O–H groups in total. The van der Waals surface area contributed by atoms with Crippen LogP contribution < -0.4 is 10.5 Å². The second-order valence-electron chi connectivity index (χ2n) is 10.3. The van der Waals surface area contributed by atoms with E-state index < -0.39 is 0 Å². The van der Waals surface area contributed by atoms with Crippen LogP contribution in [-0.2, 0) is 11.8 Å². The van der Waals surface area contributed by atoms with Gasteiger partial charge in [-0.05, 0) is 49.2 Å². The van der Waals surface area contributed by atoms with Gasteiger partial charge in [0.25, 0.3) is 11.5 Å². The fourth-order valence-corrected chi connectivity index (χ4v) is 6.65. The molecule has 35 heavy (non-hydrogen) atoms. The first kappa shape index (κ1) is 27.5. The van der Waals surface area contributed by atoms with E-state index in [0.717, 1.165) is 56.6 Å². The zero-order valence-electron chi connectivity index (χ0n) is 21.9. The van der Waals surface area contributed by atoms with Gasteiger partial charge < -0.3 is 4.90 Å². The maximum absolute atomic E-state index is 13.5. The van der Waals surface area contributed by atoms with Crippen molar-refractivity contribution in [1.82, 2.24) is 9.47 Å². The summed E-state index contributed by atoms with van der Waals surface area (Å²) in [4.78, 5) is 31.0. The van der Waals surface area contributed by atoms with E-state index in [1.54, 1.807) is 16.5 Å². The summed E-state index contributed by atoms with van der Waals surface area (Å²) in [5.41, 5.74) is 1.22. The maximum atomic E-state index is 13.5. The summed E-state index contributed by atoms with van der Waals surface area (Å²) < 4.78 is 2.17. The summed E-state index contributed by atoms with van der Waals surface area (Å²) in [6.07, 6.45) is 7.39. The normalized spacial score (nSPS) is 22.7. The van der Waals surface area contributed by atoms with Crippen molar-refractivity contribution in [2.75, 3.05) is 24.5 Å². The number of carbonyl (C=O) groups is 1. The van der Waals surface area contributed by atoms with Gasteiger partial charge in [0.05, 0.1) is 4.91 Å². The highest BCUT2D eigenvalue weighted by Crippen LogP contribution is 2.37. The largest absolute Gasteiger partial charge is 0.357 e. The standard InChI is InChI=1S/C27H38N4O2S2/c1-7-9-10-20(8-2)16-31-26(33)23(35-27(31)34)12-21-19(5)22(13-28)25(32)29(6)24(21)30-14-17(3)11-18(4)15-30/h12,17-18,20H,7-11,14-16H2,1-6H3/b23-12+. The van der Waals surface area contributed by atoms with Crippen LogP contribution in [0.25, 0.3) is 6.08 Å². The number of thioether (sulfide) groups is 1. The topological polar surface area (TPSA) is 69.3 Å². The Labute approximate surface area is 219 Å². The molecule has 2 aliphatic rings. The minimum atomic E-state index is -0.294. The molecule has 0 saturated carbocycles. The second kappa shape index (κ2) is 11.7. The number of thiocarbonyl (C=S) groups is 1. The van der Waals surface area contributed by atoms with E-state index in [1.165, 1.54) is 11.8 Å². The Balaban J connectivity index is 2.06. The average molecular weight is 515 g/mol. The summed E-state index contributed by atoms with van der Waals surface area (Å²) in [6.45, 7) is 12.9. The fourth-order valence-electron chi connectivity index (χ4n) is 5.39. The Bertz CT molecular complexity index is 1110. The first-order chi connectivity index (χ1) is 16.6. The van der Waals surface area contributed by atoms with E-state index in [4.69, 9.17) is 12.2 Å². The third-order valence-electron chi connectivity index (χ3n) is 7.27. The number of amides is 1. The third kappa shape index (κ3) is 5.83. The van der Waals surface area contributed by atoms with Gasteiger partial charge in [-0.1, -0.05) is 70.9 Å². The summed E-state index contributed by atoms with van der Waals surface area (Å²) in [7, 11) is 1.73. The Hall–Kier alpha value is -2.11. The van der Waals surface area contributed by atoms with Crippen molar-refractivity contribution >= 4 is 46.1 Å². The van der Waals surface area contributed by atoms with Gasteiger partial charge in [0.2, 0.25) is 0 Å². The van der Waals surface area contributed by atoms with Gasteiger partial charge in [-0.15, -0.1) is 0 Å². The van der Waals surface area contributed by atoms with Crippen LogP contribution in [0, 0.1) is 36.0 Å². The maximum Gasteiger partial charge on any atom is 0.270 e. The van der Waals surface area contributed by atoms with Gasteiger partial charge in [-0.3, -0.25) is 19.1 Å². The molecule has 3 atom stereocenters. The molecule has 3 rings (SSSR count). The Morgan fingerprint density at radius 2 is 1.89 bits per heavy atom. The molecule has 0 bridgehead atoms. The summed E-state index contributed by atoms with van der Waals surface area (Å²) >= 11 is 6.94. The van der Waals surface area contributed by atoms with Crippen LogP contribution in [0.1, 0.15) is 76.5 Å². The highest BCUT2D eigenvalue weighted by atomic mass is 32.2. The number of hydrogen-bond donors (Lipinski definition) is 0. The van der Waals surface area contributed by atoms with Crippen LogP contribution in [0.4, 0.5) is 5.82 Å². The molecule has 6 nitrogen and oxygen atoms in total. The highest BCUT2D eigenvalue weighted by molar-refractivity contribution is 8.26. The number of unbranched alkanes of at least 4 members (excludes halogenated alkanes) is 1. The molecule has 3 unspecified atom stereocenters. The van der Waals surface area contributed by atoms with Crippen molar-refractivity contribution in [3.05, 3.63) is 31.9 Å². The van der Waals surface area contributed by atoms with Gasteiger partial charge in [-0.2, -0.15) is 5.26 Å². The summed E-state index contributed by atoms with van der Waals surface area (Å²) in [5.74, 6) is 2.11. The molecule has 190 valence electrons. The number of aromatic nitrogens is 1. The van der Waals surface area contributed by atoms with Crippen LogP contribution in [0.3, 0.4) is 0 Å². The Kier molecular flexibility index (Phi) is 9.22. The lowest BCUT2D eigenvalue weighted by molar-refractivity contribution is -0.122. The molecular weight excluding hydrogens is 476 g/mol. The second-order valence-corrected chi connectivity index (χ2v) is 11.9. The zero-order valence-corrected chi connectivity index (χ0v) is 23.5. The first-order valence-electron chi connectivity index (χ1n) is 12.8. The Morgan fingerprint density at radius 3 is 2.46 bits per heavy atom. The van der Waals surface area contributed by atoms with E-state index in [9.17, 15) is 14.9 Å². The summed E-state index contributed by atoms with van der Waals surface area (Å²) in [5, 5.41) is 9.73. The van der Waals surface area contributed by atoms with Crippen molar-refractivity contribution in [1.29, 1.82) is 5.26 Å². The molecule has 2 fully saturated rings. The molecule has 0 aliphatic carbocycles. The van der Waals surface area contributed by atoms with E-state index >= 15 is 0 Å². The highest BCUT2D eigenvalue weighted by Gasteiger charge is 2.34. The molecule has 1 amide bonds. The predicted octanol–water partition coefficient (Wildman–Crippen LogP) is 5.47. The smallest absolute Gasteiger partial charge is 0.270 e. The van der Waals surface area contributed by atoms with Gasteiger partial charge in [-0.25, -0.2) is 0 Å². The Morgan fingerprint density at radius 1 is 1.23 bits per heavy atom. The summed E-state index contributed by atoms with van der Waals surface area (Å²) in [6, 6.07) is 2.09. The van der Waals surface area contributed by atoms with Crippen molar-refractivity contribution in [3.8, 4) is 6.07 Å². The van der Waals surface area contributed by atoms with Crippen molar-refractivity contribution < 1.29 is 4.79 Å². The molecule has 0 radical (unpaired) electrons. The average Bonchev–Trinajstić information content (AvgIpc) is 3.07. The number of pyridine rings is 1. The minimum absolute atomic E-state index is 0.0759. The SMILES string of the molecule is CCCCC(CC)CN1C(=O)/C(=C\c2c(C)c(C#N)c(=O)n(C)c2N2CC(C)CC(C)C2)SC1=S. The number of anilines is 1. The van der Waals surface area contributed by atoms with E-state index in [1.807, 2.05) is 13.0 Å². The van der Waals surface area contributed by atoms with Gasteiger partial charge in [0.1, 0.15) is 21.8 Å². The van der Waals surface area contributed by atoms with Gasteiger partial charge in [0.15, 0.2) is 0 Å². The molecule has 3 heterocycles. The lowest BCUT2D eigenvalue weighted by Gasteiger charge is -2.38. The van der Waals surface area contributed by atoms with E-state index in [-0.39, 0.29) is 17.0 Å². The number of rotatable bonds is 8. The quantitative estimate of drug-likeness (QED) is 0.339. The van der Waals surface area contributed by atoms with E-state index in [0.29, 0.717) is 39.1 Å². The lowest BCUT2D eigenvalue weighted by Crippen LogP contribution is -2.42. The molecule has 2 saturated heterocycles. The minimum Gasteiger partial charge on any atom is -0.357 e. The molecule has 0 aromatic carbocycles. The first-order valence-corrected chi connectivity index (χ1v) is 14.0. The van der Waals surface area contributed by atoms with Crippen LogP contribution in [-0.4, -0.2) is 39.3 Å². The van der Waals surface area contributed by atoms with Crippen molar-refractivity contribution in [3.63, 3.8) is 0 Å². The number of carbonyl (C=O) groups excluding carboxylic acids is 1. The number of nitriles is 1. The molecule has 8 heteroatoms. The predicted molar refractivity (Wildman–Crippen MR) is 149 cm³/mol. The van der Waals surface area contributed by atoms with Crippen LogP contribution >= 0.6 is 24.0 Å². The molecule has 0 spiro atoms. The van der Waals surface area contributed by atoms with E-state index in [2.05, 4.69) is 38.7 Å². The van der Waals surface area contributed by atoms with Crippen LogP contribution in [0.2, 0.25) is 0 Å². The molecule has 1 aromatic rings. The van der Waals surface area contributed by atoms with Gasteiger partial charge in [0, 0.05) is 32.2 Å².